The molecule has 94 valence electrons. The lowest BCUT2D eigenvalue weighted by Gasteiger charge is -2.28. The first kappa shape index (κ1) is 11.2. The van der Waals surface area contributed by atoms with Gasteiger partial charge in [0.25, 0.3) is 0 Å². The number of likely N-dealkylation sites (tertiary alicyclic amines) is 1. The largest absolute Gasteiger partial charge is 0.335 e. The molecule has 2 aliphatic rings. The summed E-state index contributed by atoms with van der Waals surface area (Å²) in [6, 6.07) is 0. The van der Waals surface area contributed by atoms with Crippen LogP contribution >= 0.6 is 0 Å². The summed E-state index contributed by atoms with van der Waals surface area (Å²) in [6.07, 6.45) is 3.65. The first-order valence-corrected chi connectivity index (χ1v) is 6.69. The first-order chi connectivity index (χ1) is 8.25. The van der Waals surface area contributed by atoms with Crippen LogP contribution in [0.3, 0.4) is 0 Å². The molecule has 0 unspecified atom stereocenters. The molecule has 1 fully saturated rings. The molecule has 3 heterocycles. The van der Waals surface area contributed by atoms with Crippen LogP contribution in [0, 0.1) is 0 Å². The molecule has 4 heteroatoms. The van der Waals surface area contributed by atoms with Crippen LogP contribution in [0.25, 0.3) is 0 Å². The van der Waals surface area contributed by atoms with E-state index >= 15 is 0 Å². The zero-order valence-corrected chi connectivity index (χ0v) is 10.9. The Balaban J connectivity index is 1.85. The second kappa shape index (κ2) is 4.42. The Morgan fingerprint density at radius 1 is 1.24 bits per heavy atom. The highest BCUT2D eigenvalue weighted by Gasteiger charge is 2.25. The van der Waals surface area contributed by atoms with Gasteiger partial charge in [0.2, 0.25) is 0 Å². The quantitative estimate of drug-likeness (QED) is 0.783. The van der Waals surface area contributed by atoms with Gasteiger partial charge in [-0.05, 0) is 33.0 Å². The van der Waals surface area contributed by atoms with Crippen LogP contribution in [0.2, 0.25) is 0 Å². The summed E-state index contributed by atoms with van der Waals surface area (Å²) in [5.74, 6) is 1.99. The Morgan fingerprint density at radius 3 is 2.71 bits per heavy atom. The van der Waals surface area contributed by atoms with Crippen LogP contribution in [0.1, 0.15) is 36.0 Å². The van der Waals surface area contributed by atoms with Crippen LogP contribution in [0.5, 0.6) is 0 Å². The summed E-state index contributed by atoms with van der Waals surface area (Å²) in [7, 11) is 4.41. The average molecular weight is 234 g/mol. The number of nitrogens with zero attached hydrogens (tertiary/aromatic N) is 3. The zero-order chi connectivity index (χ0) is 11.8. The zero-order valence-electron chi connectivity index (χ0n) is 10.9. The van der Waals surface area contributed by atoms with E-state index in [1.165, 1.54) is 43.1 Å². The van der Waals surface area contributed by atoms with Crippen LogP contribution in [0.15, 0.2) is 0 Å². The fourth-order valence-electron chi connectivity index (χ4n) is 3.11. The molecule has 0 spiro atoms. The minimum atomic E-state index is 0.668. The number of hydrogen-bond acceptors (Lipinski definition) is 3. The molecule has 0 radical (unpaired) electrons. The molecular formula is C13H22N4. The minimum absolute atomic E-state index is 0.668. The molecule has 0 bridgehead atoms. The van der Waals surface area contributed by atoms with E-state index in [0.29, 0.717) is 5.92 Å². The van der Waals surface area contributed by atoms with Gasteiger partial charge in [-0.1, -0.05) is 0 Å². The van der Waals surface area contributed by atoms with E-state index < -0.39 is 0 Å². The van der Waals surface area contributed by atoms with E-state index in [-0.39, 0.29) is 0 Å². The highest BCUT2D eigenvalue weighted by Crippen LogP contribution is 2.28. The highest BCUT2D eigenvalue weighted by atomic mass is 15.1. The van der Waals surface area contributed by atoms with Crippen LogP contribution < -0.4 is 5.32 Å². The smallest absolute Gasteiger partial charge is 0.112 e. The molecular weight excluding hydrogens is 212 g/mol. The maximum Gasteiger partial charge on any atom is 0.112 e. The fourth-order valence-corrected chi connectivity index (χ4v) is 3.11. The summed E-state index contributed by atoms with van der Waals surface area (Å²) < 4.78 is 2.37. The maximum atomic E-state index is 4.88. The SMILES string of the molecule is CN1CCC(c2nc3c(n2C)CCNC3)CC1. The predicted molar refractivity (Wildman–Crippen MR) is 68.1 cm³/mol. The number of imidazole rings is 1. The lowest BCUT2D eigenvalue weighted by Crippen LogP contribution is -2.30. The highest BCUT2D eigenvalue weighted by molar-refractivity contribution is 5.22. The Bertz CT molecular complexity index is 402. The first-order valence-electron chi connectivity index (χ1n) is 6.69. The van der Waals surface area contributed by atoms with Crippen LogP contribution in [-0.4, -0.2) is 41.1 Å². The normalized spacial score (nSPS) is 22.7. The Labute approximate surface area is 103 Å². The third-order valence-corrected chi connectivity index (χ3v) is 4.25. The van der Waals surface area contributed by atoms with Crippen molar-refractivity contribution in [1.29, 1.82) is 0 Å². The van der Waals surface area contributed by atoms with Crippen molar-refractivity contribution in [1.82, 2.24) is 19.8 Å². The molecule has 1 aromatic heterocycles. The standard InChI is InChI=1S/C13H22N4/c1-16-7-4-10(5-8-16)13-15-11-9-14-6-3-12(11)17(13)2/h10,14H,3-9H2,1-2H3. The number of rotatable bonds is 1. The summed E-state index contributed by atoms with van der Waals surface area (Å²) in [5.41, 5.74) is 2.74. The molecule has 1 N–H and O–H groups in total. The van der Waals surface area contributed by atoms with E-state index in [0.717, 1.165) is 19.5 Å². The summed E-state index contributed by atoms with van der Waals surface area (Å²) in [6.45, 7) is 4.47. The number of nitrogens with one attached hydrogen (secondary N) is 1. The van der Waals surface area contributed by atoms with Gasteiger partial charge in [-0.15, -0.1) is 0 Å². The van der Waals surface area contributed by atoms with Gasteiger partial charge < -0.3 is 14.8 Å². The molecule has 0 saturated carbocycles. The summed E-state index contributed by atoms with van der Waals surface area (Å²) in [5, 5.41) is 3.41. The number of hydrogen-bond donors (Lipinski definition) is 1. The molecule has 1 aromatic rings. The fraction of sp³-hybridized carbons (Fsp3) is 0.769. The summed E-state index contributed by atoms with van der Waals surface area (Å²) in [4.78, 5) is 7.30. The monoisotopic (exact) mass is 234 g/mol. The molecule has 4 nitrogen and oxygen atoms in total. The van der Waals surface area contributed by atoms with Gasteiger partial charge in [-0.2, -0.15) is 0 Å². The topological polar surface area (TPSA) is 33.1 Å². The predicted octanol–water partition coefficient (Wildman–Crippen LogP) is 0.875. The second-order valence-corrected chi connectivity index (χ2v) is 5.43. The Hall–Kier alpha value is -0.870. The van der Waals surface area contributed by atoms with Gasteiger partial charge in [0.1, 0.15) is 5.82 Å². The van der Waals surface area contributed by atoms with E-state index in [9.17, 15) is 0 Å². The van der Waals surface area contributed by atoms with E-state index in [4.69, 9.17) is 4.98 Å². The number of fused-ring (bicyclic) bond motifs is 1. The van der Waals surface area contributed by atoms with Crippen LogP contribution in [0.4, 0.5) is 0 Å². The van der Waals surface area contributed by atoms with E-state index in [1.54, 1.807) is 0 Å². The summed E-state index contributed by atoms with van der Waals surface area (Å²) >= 11 is 0. The van der Waals surface area contributed by atoms with Crippen molar-refractivity contribution in [3.63, 3.8) is 0 Å². The van der Waals surface area contributed by atoms with Crippen molar-refractivity contribution in [2.24, 2.45) is 7.05 Å². The molecule has 0 atom stereocenters. The van der Waals surface area contributed by atoms with E-state index in [2.05, 4.69) is 28.9 Å². The van der Waals surface area contributed by atoms with Crippen molar-refractivity contribution >= 4 is 0 Å². The van der Waals surface area contributed by atoms with Crippen molar-refractivity contribution in [3.8, 4) is 0 Å². The van der Waals surface area contributed by atoms with Crippen molar-refractivity contribution in [3.05, 3.63) is 17.2 Å². The third kappa shape index (κ3) is 2.00. The average Bonchev–Trinajstić information content (AvgIpc) is 2.69. The molecule has 17 heavy (non-hydrogen) atoms. The lowest BCUT2D eigenvalue weighted by atomic mass is 9.96. The number of aromatic nitrogens is 2. The van der Waals surface area contributed by atoms with Gasteiger partial charge >= 0.3 is 0 Å². The van der Waals surface area contributed by atoms with Gasteiger partial charge in [0.05, 0.1) is 5.69 Å². The molecule has 2 aliphatic heterocycles. The molecule has 0 aliphatic carbocycles. The second-order valence-electron chi connectivity index (χ2n) is 5.43. The lowest BCUT2D eigenvalue weighted by molar-refractivity contribution is 0.249. The van der Waals surface area contributed by atoms with E-state index in [1.807, 2.05) is 0 Å². The van der Waals surface area contributed by atoms with Crippen molar-refractivity contribution < 1.29 is 0 Å². The molecule has 0 aromatic carbocycles. The van der Waals surface area contributed by atoms with Crippen LogP contribution in [-0.2, 0) is 20.0 Å². The maximum absolute atomic E-state index is 4.88. The third-order valence-electron chi connectivity index (χ3n) is 4.25. The molecule has 1 saturated heterocycles. The van der Waals surface area contributed by atoms with Gasteiger partial charge in [0.15, 0.2) is 0 Å². The Kier molecular flexibility index (Phi) is 2.92. The minimum Gasteiger partial charge on any atom is -0.335 e. The molecule has 3 rings (SSSR count). The number of piperidine rings is 1. The molecule has 0 amide bonds. The van der Waals surface area contributed by atoms with Crippen molar-refractivity contribution in [2.75, 3.05) is 26.7 Å². The van der Waals surface area contributed by atoms with Gasteiger partial charge in [-0.25, -0.2) is 4.98 Å². The van der Waals surface area contributed by atoms with Gasteiger partial charge in [0, 0.05) is 38.2 Å². The Morgan fingerprint density at radius 2 is 2.00 bits per heavy atom. The van der Waals surface area contributed by atoms with Crippen molar-refractivity contribution in [2.45, 2.75) is 31.7 Å². The van der Waals surface area contributed by atoms with Gasteiger partial charge in [-0.3, -0.25) is 0 Å².